The molecule has 1 N–H and O–H groups in total. The second kappa shape index (κ2) is 6.87. The van der Waals surface area contributed by atoms with E-state index in [1.165, 1.54) is 0 Å². The molecule has 2 aromatic carbocycles. The van der Waals surface area contributed by atoms with E-state index in [0.717, 1.165) is 22.7 Å². The molecule has 0 heterocycles. The van der Waals surface area contributed by atoms with Crippen LogP contribution in [0.25, 0.3) is 0 Å². The monoisotopic (exact) mass is 302 g/mol. The summed E-state index contributed by atoms with van der Waals surface area (Å²) in [4.78, 5) is 0. The van der Waals surface area contributed by atoms with Crippen LogP contribution in [0, 0.1) is 11.3 Å². The maximum atomic E-state index is 8.85. The van der Waals surface area contributed by atoms with Crippen LogP contribution in [0.1, 0.15) is 11.1 Å². The highest BCUT2D eigenvalue weighted by atomic mass is 35.5. The molecular weight excluding hydrogens is 288 g/mol. The van der Waals surface area contributed by atoms with E-state index in [1.807, 2.05) is 30.3 Å². The molecule has 4 nitrogen and oxygen atoms in total. The number of nitrogens with one attached hydrogen (secondary N) is 1. The van der Waals surface area contributed by atoms with Gasteiger partial charge in [0, 0.05) is 18.3 Å². The van der Waals surface area contributed by atoms with Crippen molar-refractivity contribution in [3.8, 4) is 17.6 Å². The van der Waals surface area contributed by atoms with Crippen LogP contribution < -0.4 is 14.8 Å². The minimum Gasteiger partial charge on any atom is -0.497 e. The van der Waals surface area contributed by atoms with E-state index in [1.54, 1.807) is 26.4 Å². The van der Waals surface area contributed by atoms with Crippen molar-refractivity contribution >= 4 is 17.3 Å². The minimum atomic E-state index is 0.436. The van der Waals surface area contributed by atoms with Crippen LogP contribution in [-0.4, -0.2) is 14.2 Å². The summed E-state index contributed by atoms with van der Waals surface area (Å²) in [6.45, 7) is 0.593. The van der Waals surface area contributed by atoms with Crippen molar-refractivity contribution in [2.24, 2.45) is 0 Å². The molecule has 0 aliphatic rings. The number of rotatable bonds is 5. The fraction of sp³-hybridized carbons (Fsp3) is 0.188. The fourth-order valence-corrected chi connectivity index (χ4v) is 2.11. The smallest absolute Gasteiger partial charge is 0.122 e. The predicted octanol–water partition coefficient (Wildman–Crippen LogP) is 3.84. The van der Waals surface area contributed by atoms with Crippen molar-refractivity contribution < 1.29 is 9.47 Å². The Morgan fingerprint density at radius 2 is 1.76 bits per heavy atom. The molecule has 0 aromatic heterocycles. The standard InChI is InChI=1S/C16H15ClN2O2/c1-20-14-5-11(6-15(8-14)21-2)10-19-13-4-3-12(9-18)16(17)7-13/h3-8,19H,10H2,1-2H3. The molecule has 0 radical (unpaired) electrons. The summed E-state index contributed by atoms with van der Waals surface area (Å²) in [5.41, 5.74) is 2.33. The van der Waals surface area contributed by atoms with Gasteiger partial charge < -0.3 is 14.8 Å². The van der Waals surface area contributed by atoms with Crippen LogP contribution in [0.15, 0.2) is 36.4 Å². The van der Waals surface area contributed by atoms with E-state index < -0.39 is 0 Å². The fourth-order valence-electron chi connectivity index (χ4n) is 1.89. The van der Waals surface area contributed by atoms with Gasteiger partial charge in [-0.05, 0) is 35.9 Å². The lowest BCUT2D eigenvalue weighted by atomic mass is 10.2. The summed E-state index contributed by atoms with van der Waals surface area (Å²) in [6, 6.07) is 13.0. The molecule has 0 atom stereocenters. The summed E-state index contributed by atoms with van der Waals surface area (Å²) in [6.07, 6.45) is 0. The maximum Gasteiger partial charge on any atom is 0.122 e. The summed E-state index contributed by atoms with van der Waals surface area (Å²) < 4.78 is 10.5. The second-order valence-corrected chi connectivity index (χ2v) is 4.79. The number of methoxy groups -OCH3 is 2. The third-order valence-electron chi connectivity index (χ3n) is 3.00. The Morgan fingerprint density at radius 3 is 2.29 bits per heavy atom. The summed E-state index contributed by atoms with van der Waals surface area (Å²) in [7, 11) is 3.23. The van der Waals surface area contributed by atoms with Crippen LogP contribution in [-0.2, 0) is 6.54 Å². The Labute approximate surface area is 128 Å². The van der Waals surface area contributed by atoms with Gasteiger partial charge in [-0.25, -0.2) is 0 Å². The first-order valence-corrected chi connectivity index (χ1v) is 6.69. The van der Waals surface area contributed by atoms with Gasteiger partial charge in [0.1, 0.15) is 17.6 Å². The van der Waals surface area contributed by atoms with Gasteiger partial charge in [0.15, 0.2) is 0 Å². The molecule has 21 heavy (non-hydrogen) atoms. The van der Waals surface area contributed by atoms with E-state index in [-0.39, 0.29) is 0 Å². The number of hydrogen-bond donors (Lipinski definition) is 1. The van der Waals surface area contributed by atoms with Gasteiger partial charge in [0.25, 0.3) is 0 Å². The van der Waals surface area contributed by atoms with Gasteiger partial charge in [-0.2, -0.15) is 5.26 Å². The molecule has 0 unspecified atom stereocenters. The lowest BCUT2D eigenvalue weighted by Crippen LogP contribution is -2.00. The average Bonchev–Trinajstić information content (AvgIpc) is 2.52. The average molecular weight is 303 g/mol. The molecule has 0 saturated carbocycles. The topological polar surface area (TPSA) is 54.3 Å². The van der Waals surface area contributed by atoms with Gasteiger partial charge >= 0.3 is 0 Å². The second-order valence-electron chi connectivity index (χ2n) is 4.38. The molecule has 5 heteroatoms. The quantitative estimate of drug-likeness (QED) is 0.911. The zero-order chi connectivity index (χ0) is 15.2. The Hall–Kier alpha value is -2.38. The maximum absolute atomic E-state index is 8.85. The molecule has 0 saturated heterocycles. The van der Waals surface area contributed by atoms with Gasteiger partial charge in [-0.15, -0.1) is 0 Å². The molecular formula is C16H15ClN2O2. The third kappa shape index (κ3) is 3.80. The molecule has 0 amide bonds. The van der Waals surface area contributed by atoms with Crippen LogP contribution >= 0.6 is 11.6 Å². The summed E-state index contributed by atoms with van der Waals surface area (Å²) in [5.74, 6) is 1.48. The summed E-state index contributed by atoms with van der Waals surface area (Å²) in [5, 5.41) is 12.5. The molecule has 0 aliphatic carbocycles. The van der Waals surface area contributed by atoms with Crippen molar-refractivity contribution in [1.29, 1.82) is 5.26 Å². The molecule has 2 aromatic rings. The normalized spacial score (nSPS) is 9.81. The van der Waals surface area contributed by atoms with Crippen molar-refractivity contribution in [3.05, 3.63) is 52.5 Å². The number of anilines is 1. The molecule has 108 valence electrons. The molecule has 0 spiro atoms. The lowest BCUT2D eigenvalue weighted by Gasteiger charge is -2.11. The third-order valence-corrected chi connectivity index (χ3v) is 3.31. The first-order valence-electron chi connectivity index (χ1n) is 6.31. The summed E-state index contributed by atoms with van der Waals surface area (Å²) >= 11 is 6.00. The van der Waals surface area contributed by atoms with Gasteiger partial charge in [-0.3, -0.25) is 0 Å². The van der Waals surface area contributed by atoms with Gasteiger partial charge in [0.2, 0.25) is 0 Å². The van der Waals surface area contributed by atoms with Crippen LogP contribution in [0.5, 0.6) is 11.5 Å². The highest BCUT2D eigenvalue weighted by molar-refractivity contribution is 6.32. The largest absolute Gasteiger partial charge is 0.497 e. The van der Waals surface area contributed by atoms with Crippen LogP contribution in [0.3, 0.4) is 0 Å². The molecule has 0 fully saturated rings. The number of halogens is 1. The van der Waals surface area contributed by atoms with E-state index in [0.29, 0.717) is 17.1 Å². The lowest BCUT2D eigenvalue weighted by molar-refractivity contribution is 0.393. The van der Waals surface area contributed by atoms with Crippen LogP contribution in [0.4, 0.5) is 5.69 Å². The van der Waals surface area contributed by atoms with Gasteiger partial charge in [-0.1, -0.05) is 11.6 Å². The zero-order valence-electron chi connectivity index (χ0n) is 11.8. The first-order chi connectivity index (χ1) is 10.2. The van der Waals surface area contributed by atoms with Crippen LogP contribution in [0.2, 0.25) is 5.02 Å². The van der Waals surface area contributed by atoms with Crippen molar-refractivity contribution in [2.45, 2.75) is 6.54 Å². The van der Waals surface area contributed by atoms with E-state index in [2.05, 4.69) is 5.32 Å². The first kappa shape index (κ1) is 15.0. The Bertz CT molecular complexity index is 658. The van der Waals surface area contributed by atoms with Crippen molar-refractivity contribution in [3.63, 3.8) is 0 Å². The number of hydrogen-bond acceptors (Lipinski definition) is 4. The Kier molecular flexibility index (Phi) is 4.91. The highest BCUT2D eigenvalue weighted by Crippen LogP contribution is 2.24. The number of benzene rings is 2. The number of nitrogens with zero attached hydrogens (tertiary/aromatic N) is 1. The Morgan fingerprint density at radius 1 is 1.10 bits per heavy atom. The van der Waals surface area contributed by atoms with Crippen molar-refractivity contribution in [1.82, 2.24) is 0 Å². The number of ether oxygens (including phenoxy) is 2. The van der Waals surface area contributed by atoms with Gasteiger partial charge in [0.05, 0.1) is 24.8 Å². The van der Waals surface area contributed by atoms with Crippen molar-refractivity contribution in [2.75, 3.05) is 19.5 Å². The number of nitriles is 1. The molecule has 2 rings (SSSR count). The Balaban J connectivity index is 2.12. The predicted molar refractivity (Wildman–Crippen MR) is 83.0 cm³/mol. The van der Waals surface area contributed by atoms with E-state index in [9.17, 15) is 0 Å². The molecule has 0 aliphatic heterocycles. The highest BCUT2D eigenvalue weighted by Gasteiger charge is 2.04. The SMILES string of the molecule is COc1cc(CNc2ccc(C#N)c(Cl)c2)cc(OC)c1. The zero-order valence-corrected chi connectivity index (χ0v) is 12.6. The minimum absolute atomic E-state index is 0.436. The van der Waals surface area contributed by atoms with E-state index >= 15 is 0 Å². The molecule has 0 bridgehead atoms. The van der Waals surface area contributed by atoms with E-state index in [4.69, 9.17) is 26.3 Å².